The number of rotatable bonds is 0. The quantitative estimate of drug-likeness (QED) is 0.397. The highest BCUT2D eigenvalue weighted by Gasteiger charge is 1.78. The van der Waals surface area contributed by atoms with Crippen molar-refractivity contribution in [2.45, 2.75) is 0 Å². The van der Waals surface area contributed by atoms with Crippen molar-refractivity contribution in [3.63, 3.8) is 0 Å². The van der Waals surface area contributed by atoms with Gasteiger partial charge >= 0.3 is 6.29 Å². The van der Waals surface area contributed by atoms with E-state index in [1.54, 1.807) is 0 Å². The molecule has 0 aromatic heterocycles. The predicted molar refractivity (Wildman–Crippen MR) is 10.9 cm³/mol. The maximum Gasteiger partial charge on any atom is 0.483 e. The number of carbonyl (C=O) groups is 1. The third kappa shape index (κ3) is 37.4. The molecule has 0 aromatic rings. The summed E-state index contributed by atoms with van der Waals surface area (Å²) in [5.41, 5.74) is 0. The van der Waals surface area contributed by atoms with Crippen LogP contribution in [0.4, 0.5) is 13.6 Å². The van der Waals surface area contributed by atoms with E-state index < -0.39 is 6.29 Å². The largest absolute Gasteiger partial charge is 0.483 e. The SMILES string of the molecule is O=C(F)F.[C]. The monoisotopic (exact) mass is 78.0 g/mol. The molecule has 0 saturated carbocycles. The molecule has 0 bridgehead atoms. The Morgan fingerprint density at radius 2 is 1.40 bits per heavy atom. The Bertz CT molecular complexity index is 30.6. The Morgan fingerprint density at radius 3 is 1.40 bits per heavy atom. The van der Waals surface area contributed by atoms with Crippen molar-refractivity contribution < 1.29 is 13.6 Å². The summed E-state index contributed by atoms with van der Waals surface area (Å²) in [4.78, 5) is 8.11. The van der Waals surface area contributed by atoms with Gasteiger partial charge in [-0.2, -0.15) is 0 Å². The molecule has 0 aliphatic carbocycles. The molecular weight excluding hydrogens is 78.0 g/mol. The van der Waals surface area contributed by atoms with Gasteiger partial charge in [-0.25, -0.2) is 4.79 Å². The normalized spacial score (nSPS) is 5.20. The zero-order valence-corrected chi connectivity index (χ0v) is 2.16. The molecule has 0 aliphatic rings. The molecular formula is C2F2O. The minimum absolute atomic E-state index is 0. The summed E-state index contributed by atoms with van der Waals surface area (Å²) in [6, 6.07) is 0. The number of halogens is 2. The van der Waals surface area contributed by atoms with Crippen molar-refractivity contribution in [3.05, 3.63) is 7.43 Å². The number of hydrogen-bond donors (Lipinski definition) is 0. The topological polar surface area (TPSA) is 17.1 Å². The molecule has 28 valence electrons. The fourth-order valence-corrected chi connectivity index (χ4v) is 0. The van der Waals surface area contributed by atoms with Crippen LogP contribution in [0.25, 0.3) is 0 Å². The molecule has 5 heavy (non-hydrogen) atoms. The Labute approximate surface area is 28.6 Å². The molecule has 0 aliphatic heterocycles. The lowest BCUT2D eigenvalue weighted by Gasteiger charge is -1.45. The van der Waals surface area contributed by atoms with Crippen LogP contribution in [0, 0.1) is 7.43 Å². The van der Waals surface area contributed by atoms with Crippen LogP contribution in [0.5, 0.6) is 0 Å². The van der Waals surface area contributed by atoms with Crippen LogP contribution in [0.1, 0.15) is 0 Å². The van der Waals surface area contributed by atoms with Gasteiger partial charge in [0.25, 0.3) is 0 Å². The second-order valence-corrected chi connectivity index (χ2v) is 0.226. The van der Waals surface area contributed by atoms with Crippen molar-refractivity contribution in [1.29, 1.82) is 0 Å². The summed E-state index contributed by atoms with van der Waals surface area (Å²) >= 11 is 0. The minimum atomic E-state index is -2.83. The van der Waals surface area contributed by atoms with Gasteiger partial charge in [-0.15, -0.1) is 8.78 Å². The molecule has 0 atom stereocenters. The van der Waals surface area contributed by atoms with Gasteiger partial charge in [0.05, 0.1) is 0 Å². The summed E-state index contributed by atoms with van der Waals surface area (Å²) in [5, 5.41) is 0. The third-order valence-corrected chi connectivity index (χ3v) is 0. The van der Waals surface area contributed by atoms with E-state index in [9.17, 15) is 8.78 Å². The molecule has 0 N–H and O–H groups in total. The minimum Gasteiger partial charge on any atom is -0.219 e. The average Bonchev–Trinajstić information content (AvgIpc) is 0.811. The summed E-state index contributed by atoms with van der Waals surface area (Å²) in [6.45, 7) is 0. The van der Waals surface area contributed by atoms with Gasteiger partial charge in [0.15, 0.2) is 0 Å². The van der Waals surface area contributed by atoms with Crippen molar-refractivity contribution in [1.82, 2.24) is 0 Å². The van der Waals surface area contributed by atoms with Gasteiger partial charge < -0.3 is 0 Å². The first-order chi connectivity index (χ1) is 1.73. The lowest BCUT2D eigenvalue weighted by atomic mass is 11.6. The van der Waals surface area contributed by atoms with Crippen LogP contribution < -0.4 is 0 Å². The van der Waals surface area contributed by atoms with Crippen LogP contribution in [-0.4, -0.2) is 6.29 Å². The molecule has 0 saturated heterocycles. The molecule has 0 unspecified atom stereocenters. The summed E-state index contributed by atoms with van der Waals surface area (Å²) < 4.78 is 19.4. The summed E-state index contributed by atoms with van der Waals surface area (Å²) in [6.07, 6.45) is -2.83. The van der Waals surface area contributed by atoms with E-state index in [0.29, 0.717) is 0 Å². The van der Waals surface area contributed by atoms with Crippen molar-refractivity contribution in [2.75, 3.05) is 0 Å². The second-order valence-electron chi connectivity index (χ2n) is 0.226. The Balaban J connectivity index is 0. The predicted octanol–water partition coefficient (Wildman–Crippen LogP) is 1.13. The van der Waals surface area contributed by atoms with E-state index in [1.165, 1.54) is 0 Å². The van der Waals surface area contributed by atoms with Crippen LogP contribution in [-0.2, 0) is 0 Å². The zero-order valence-electron chi connectivity index (χ0n) is 2.16. The van der Waals surface area contributed by atoms with Crippen molar-refractivity contribution >= 4 is 6.29 Å². The molecule has 0 amide bonds. The highest BCUT2D eigenvalue weighted by molar-refractivity contribution is 5.55. The van der Waals surface area contributed by atoms with Crippen LogP contribution in [0.15, 0.2) is 0 Å². The molecule has 0 aromatic carbocycles. The third-order valence-electron chi connectivity index (χ3n) is 0. The Hall–Kier alpha value is -0.470. The molecule has 0 spiro atoms. The van der Waals surface area contributed by atoms with E-state index in [1.807, 2.05) is 0 Å². The molecule has 0 rings (SSSR count). The number of carbonyl (C=O) groups excluding carboxylic acids is 1. The fraction of sp³-hybridized carbons (Fsp3) is 0. The van der Waals surface area contributed by atoms with E-state index in [4.69, 9.17) is 4.79 Å². The first kappa shape index (κ1) is 8.82. The maximum atomic E-state index is 9.69. The molecule has 4 radical (unpaired) electrons. The highest BCUT2D eigenvalue weighted by Crippen LogP contribution is 1.70. The summed E-state index contributed by atoms with van der Waals surface area (Å²) in [7, 11) is 0. The maximum absolute atomic E-state index is 9.69. The molecule has 0 fully saturated rings. The van der Waals surface area contributed by atoms with Gasteiger partial charge in [-0.1, -0.05) is 0 Å². The van der Waals surface area contributed by atoms with Gasteiger partial charge in [-0.05, 0) is 0 Å². The van der Waals surface area contributed by atoms with Gasteiger partial charge in [-0.3, -0.25) is 0 Å². The van der Waals surface area contributed by atoms with Gasteiger partial charge in [0.1, 0.15) is 0 Å². The van der Waals surface area contributed by atoms with Crippen LogP contribution >= 0.6 is 0 Å². The molecule has 1 nitrogen and oxygen atoms in total. The van der Waals surface area contributed by atoms with E-state index >= 15 is 0 Å². The van der Waals surface area contributed by atoms with Crippen LogP contribution in [0.3, 0.4) is 0 Å². The highest BCUT2D eigenvalue weighted by atomic mass is 19.3. The molecule has 0 heterocycles. The first-order valence-electron chi connectivity index (χ1n) is 0.582. The smallest absolute Gasteiger partial charge is 0.219 e. The Morgan fingerprint density at radius 1 is 1.40 bits per heavy atom. The molecule has 3 heteroatoms. The Kier molecular flexibility index (Phi) is 6.23. The van der Waals surface area contributed by atoms with E-state index in [2.05, 4.69) is 0 Å². The zero-order chi connectivity index (χ0) is 3.58. The van der Waals surface area contributed by atoms with Crippen molar-refractivity contribution in [3.8, 4) is 0 Å². The number of hydrogen-bond acceptors (Lipinski definition) is 1. The lowest BCUT2D eigenvalue weighted by molar-refractivity contribution is 0.199. The van der Waals surface area contributed by atoms with Crippen molar-refractivity contribution in [2.24, 2.45) is 0 Å². The van der Waals surface area contributed by atoms with E-state index in [-0.39, 0.29) is 7.43 Å². The first-order valence-corrected chi connectivity index (χ1v) is 0.582. The van der Waals surface area contributed by atoms with Gasteiger partial charge in [0, 0.05) is 7.43 Å². The standard InChI is InChI=1S/CF2O.C/c2-1(3)4;. The van der Waals surface area contributed by atoms with E-state index in [0.717, 1.165) is 0 Å². The summed E-state index contributed by atoms with van der Waals surface area (Å²) in [5.74, 6) is 0. The lowest BCUT2D eigenvalue weighted by Crippen LogP contribution is -1.54. The van der Waals surface area contributed by atoms with Gasteiger partial charge in [0.2, 0.25) is 0 Å². The average molecular weight is 78.0 g/mol. The fourth-order valence-electron chi connectivity index (χ4n) is 0. The second kappa shape index (κ2) is 3.53. The van der Waals surface area contributed by atoms with Crippen LogP contribution in [0.2, 0.25) is 0 Å².